The summed E-state index contributed by atoms with van der Waals surface area (Å²) in [7, 11) is 1.38. The van der Waals surface area contributed by atoms with Crippen LogP contribution in [0.15, 0.2) is 6.20 Å². The summed E-state index contributed by atoms with van der Waals surface area (Å²) in [6, 6.07) is 0. The number of aryl methyl sites for hydroxylation is 2. The number of nitrogens with one attached hydrogen (secondary N) is 1. The zero-order valence-electron chi connectivity index (χ0n) is 10.1. The van der Waals surface area contributed by atoms with Gasteiger partial charge < -0.3 is 10.1 Å². The molecule has 2 heterocycles. The maximum Gasteiger partial charge on any atom is 0.319 e. The van der Waals surface area contributed by atoms with E-state index in [0.29, 0.717) is 6.54 Å². The number of thiazole rings is 1. The van der Waals surface area contributed by atoms with Gasteiger partial charge in [-0.25, -0.2) is 4.98 Å². The van der Waals surface area contributed by atoms with Crippen LogP contribution in [-0.4, -0.2) is 29.0 Å². The van der Waals surface area contributed by atoms with E-state index in [-0.39, 0.29) is 12.5 Å². The molecule has 0 atom stereocenters. The van der Waals surface area contributed by atoms with Crippen molar-refractivity contribution in [1.82, 2.24) is 14.7 Å². The fourth-order valence-electron chi connectivity index (χ4n) is 1.68. The average Bonchev–Trinajstić information content (AvgIpc) is 2.76. The zero-order valence-corrected chi connectivity index (χ0v) is 10.9. The highest BCUT2D eigenvalue weighted by molar-refractivity contribution is 7.17. The highest BCUT2D eigenvalue weighted by Crippen LogP contribution is 2.20. The number of imidazole rings is 1. The van der Waals surface area contributed by atoms with Crippen molar-refractivity contribution >= 4 is 22.3 Å². The van der Waals surface area contributed by atoms with Gasteiger partial charge in [-0.05, 0) is 13.8 Å². The second kappa shape index (κ2) is 4.85. The van der Waals surface area contributed by atoms with Crippen LogP contribution in [0.5, 0.6) is 0 Å². The number of ether oxygens (including phenoxy) is 1. The molecular formula is C11H15N3O2S. The minimum Gasteiger partial charge on any atom is -0.468 e. The number of hydrogen-bond donors (Lipinski definition) is 1. The number of hydrogen-bond acceptors (Lipinski definition) is 5. The van der Waals surface area contributed by atoms with Crippen LogP contribution < -0.4 is 5.32 Å². The first-order chi connectivity index (χ1) is 8.11. The van der Waals surface area contributed by atoms with Crippen molar-refractivity contribution in [3.8, 4) is 0 Å². The van der Waals surface area contributed by atoms with Crippen molar-refractivity contribution in [3.05, 3.63) is 22.5 Å². The molecule has 0 spiro atoms. The van der Waals surface area contributed by atoms with Crippen molar-refractivity contribution in [3.63, 3.8) is 0 Å². The van der Waals surface area contributed by atoms with Crippen molar-refractivity contribution in [1.29, 1.82) is 0 Å². The van der Waals surface area contributed by atoms with Gasteiger partial charge in [-0.15, -0.1) is 11.3 Å². The molecule has 0 saturated heterocycles. The number of fused-ring (bicyclic) bond motifs is 1. The predicted molar refractivity (Wildman–Crippen MR) is 66.3 cm³/mol. The summed E-state index contributed by atoms with van der Waals surface area (Å²) < 4.78 is 6.64. The fourth-order valence-corrected chi connectivity index (χ4v) is 2.57. The van der Waals surface area contributed by atoms with Crippen LogP contribution in [0.4, 0.5) is 0 Å². The first kappa shape index (κ1) is 12.1. The van der Waals surface area contributed by atoms with E-state index in [1.807, 2.05) is 6.92 Å². The Morgan fingerprint density at radius 2 is 2.35 bits per heavy atom. The van der Waals surface area contributed by atoms with E-state index in [0.717, 1.165) is 16.3 Å². The molecule has 1 N–H and O–H groups in total. The molecule has 0 saturated carbocycles. The summed E-state index contributed by atoms with van der Waals surface area (Å²) in [6.45, 7) is 4.86. The smallest absolute Gasteiger partial charge is 0.319 e. The van der Waals surface area contributed by atoms with Crippen LogP contribution in [0.1, 0.15) is 16.3 Å². The Morgan fingerprint density at radius 3 is 3.06 bits per heavy atom. The van der Waals surface area contributed by atoms with Gasteiger partial charge in [-0.2, -0.15) is 0 Å². The highest BCUT2D eigenvalue weighted by atomic mass is 32.1. The number of esters is 1. The molecule has 2 aromatic rings. The molecule has 0 aromatic carbocycles. The van der Waals surface area contributed by atoms with Gasteiger partial charge in [-0.1, -0.05) is 0 Å². The lowest BCUT2D eigenvalue weighted by atomic mass is 10.3. The monoisotopic (exact) mass is 253 g/mol. The molecule has 0 aliphatic rings. The summed E-state index contributed by atoms with van der Waals surface area (Å²) in [4.78, 5) is 17.7. The van der Waals surface area contributed by atoms with Gasteiger partial charge in [-0.3, -0.25) is 9.20 Å². The summed E-state index contributed by atoms with van der Waals surface area (Å²) in [6.07, 6.45) is 2.06. The van der Waals surface area contributed by atoms with Crippen molar-refractivity contribution in [2.24, 2.45) is 0 Å². The normalized spacial score (nSPS) is 11.0. The van der Waals surface area contributed by atoms with Crippen LogP contribution >= 0.6 is 11.3 Å². The second-order valence-electron chi connectivity index (χ2n) is 3.82. The molecule has 0 unspecified atom stereocenters. The van der Waals surface area contributed by atoms with Crippen molar-refractivity contribution < 1.29 is 9.53 Å². The number of carbonyl (C=O) groups excluding carboxylic acids is 1. The molecule has 5 nitrogen and oxygen atoms in total. The Morgan fingerprint density at radius 1 is 1.59 bits per heavy atom. The van der Waals surface area contributed by atoms with E-state index in [1.54, 1.807) is 11.3 Å². The van der Waals surface area contributed by atoms with Gasteiger partial charge in [0.25, 0.3) is 0 Å². The first-order valence-corrected chi connectivity index (χ1v) is 6.15. The van der Waals surface area contributed by atoms with Crippen LogP contribution in [-0.2, 0) is 16.1 Å². The SMILES string of the molecule is COC(=O)CNCc1c(C)nc2sc(C)cn12. The minimum absolute atomic E-state index is 0.215. The third-order valence-corrected chi connectivity index (χ3v) is 3.43. The minimum atomic E-state index is -0.259. The second-order valence-corrected chi connectivity index (χ2v) is 5.03. The van der Waals surface area contributed by atoms with Gasteiger partial charge in [0, 0.05) is 17.6 Å². The van der Waals surface area contributed by atoms with Gasteiger partial charge in [0.15, 0.2) is 4.96 Å². The summed E-state index contributed by atoms with van der Waals surface area (Å²) in [5.41, 5.74) is 2.09. The van der Waals surface area contributed by atoms with E-state index >= 15 is 0 Å². The van der Waals surface area contributed by atoms with Gasteiger partial charge in [0.1, 0.15) is 0 Å². The Kier molecular flexibility index (Phi) is 3.44. The molecule has 0 amide bonds. The van der Waals surface area contributed by atoms with Crippen LogP contribution in [0, 0.1) is 13.8 Å². The van der Waals surface area contributed by atoms with E-state index in [2.05, 4.69) is 32.6 Å². The topological polar surface area (TPSA) is 55.6 Å². The molecular weight excluding hydrogens is 238 g/mol. The maximum absolute atomic E-state index is 11.0. The highest BCUT2D eigenvalue weighted by Gasteiger charge is 2.11. The lowest BCUT2D eigenvalue weighted by Gasteiger charge is -2.03. The molecule has 17 heavy (non-hydrogen) atoms. The number of carbonyl (C=O) groups is 1. The molecule has 92 valence electrons. The van der Waals surface area contributed by atoms with Crippen molar-refractivity contribution in [2.45, 2.75) is 20.4 Å². The third kappa shape index (κ3) is 2.48. The maximum atomic E-state index is 11.0. The van der Waals surface area contributed by atoms with Crippen molar-refractivity contribution in [2.75, 3.05) is 13.7 Å². The van der Waals surface area contributed by atoms with Gasteiger partial charge in [0.2, 0.25) is 0 Å². The molecule has 2 rings (SSSR count). The molecule has 0 radical (unpaired) electrons. The number of methoxy groups -OCH3 is 1. The Hall–Kier alpha value is -1.40. The number of nitrogens with zero attached hydrogens (tertiary/aromatic N) is 2. The average molecular weight is 253 g/mol. The number of aromatic nitrogens is 2. The van der Waals surface area contributed by atoms with Crippen LogP contribution in [0.3, 0.4) is 0 Å². The summed E-state index contributed by atoms with van der Waals surface area (Å²) >= 11 is 1.66. The predicted octanol–water partition coefficient (Wildman–Crippen LogP) is 1.28. The third-order valence-electron chi connectivity index (χ3n) is 2.53. The molecule has 0 bridgehead atoms. The fraction of sp³-hybridized carbons (Fsp3) is 0.455. The molecule has 0 aliphatic heterocycles. The first-order valence-electron chi connectivity index (χ1n) is 5.33. The quantitative estimate of drug-likeness (QED) is 0.834. The summed E-state index contributed by atoms with van der Waals surface area (Å²) in [5, 5.41) is 3.05. The van der Waals surface area contributed by atoms with Crippen LogP contribution in [0.2, 0.25) is 0 Å². The lowest BCUT2D eigenvalue weighted by molar-refractivity contribution is -0.139. The van der Waals surface area contributed by atoms with Gasteiger partial charge in [0.05, 0.1) is 25.0 Å². The van der Waals surface area contributed by atoms with E-state index in [1.165, 1.54) is 12.0 Å². The molecule has 6 heteroatoms. The zero-order chi connectivity index (χ0) is 12.4. The standard InChI is InChI=1S/C11H15N3O2S/c1-7-6-14-9(4-12-5-10(15)16-3)8(2)13-11(14)17-7/h6,12H,4-5H2,1-3H3. The van der Waals surface area contributed by atoms with E-state index < -0.39 is 0 Å². The van der Waals surface area contributed by atoms with Crippen LogP contribution in [0.25, 0.3) is 4.96 Å². The largest absolute Gasteiger partial charge is 0.468 e. The Balaban J connectivity index is 2.11. The number of rotatable bonds is 4. The Bertz CT molecular complexity index is 544. The summed E-state index contributed by atoms with van der Waals surface area (Å²) in [5.74, 6) is -0.259. The lowest BCUT2D eigenvalue weighted by Crippen LogP contribution is -2.24. The van der Waals surface area contributed by atoms with Gasteiger partial charge >= 0.3 is 5.97 Å². The van der Waals surface area contributed by atoms with E-state index in [4.69, 9.17) is 0 Å². The van der Waals surface area contributed by atoms with E-state index in [9.17, 15) is 4.79 Å². The molecule has 0 fully saturated rings. The molecule has 0 aliphatic carbocycles. The Labute approximate surface area is 103 Å². The molecule has 2 aromatic heterocycles.